The van der Waals surface area contributed by atoms with Crippen LogP contribution >= 0.6 is 11.6 Å². The van der Waals surface area contributed by atoms with Gasteiger partial charge in [-0.1, -0.05) is 36.2 Å². The van der Waals surface area contributed by atoms with Crippen LogP contribution in [0.5, 0.6) is 0 Å². The molecule has 0 spiro atoms. The molecule has 0 aliphatic carbocycles. The van der Waals surface area contributed by atoms with Gasteiger partial charge in [0.25, 0.3) is 11.8 Å². The second-order valence-electron chi connectivity index (χ2n) is 8.15. The molecule has 8 nitrogen and oxygen atoms in total. The first-order valence-corrected chi connectivity index (χ1v) is 13.1. The highest BCUT2D eigenvalue weighted by molar-refractivity contribution is 7.89. The van der Waals surface area contributed by atoms with E-state index in [2.05, 4.69) is 15.6 Å². The molecule has 4 rings (SSSR count). The molecule has 0 unspecified atom stereocenters. The molecular formula is C25H25ClN4O4S. The van der Waals surface area contributed by atoms with E-state index in [1.807, 2.05) is 6.07 Å². The third kappa shape index (κ3) is 5.87. The van der Waals surface area contributed by atoms with Gasteiger partial charge in [0.05, 0.1) is 26.7 Å². The summed E-state index contributed by atoms with van der Waals surface area (Å²) >= 11 is 6.26. The van der Waals surface area contributed by atoms with E-state index in [4.69, 9.17) is 11.6 Å². The number of aromatic nitrogens is 1. The summed E-state index contributed by atoms with van der Waals surface area (Å²) in [4.78, 5) is 29.9. The molecule has 10 heteroatoms. The van der Waals surface area contributed by atoms with Gasteiger partial charge in [0.2, 0.25) is 10.0 Å². The molecule has 1 saturated heterocycles. The van der Waals surface area contributed by atoms with Crippen molar-refractivity contribution in [2.75, 3.05) is 18.4 Å². The maximum absolute atomic E-state index is 13.1. The van der Waals surface area contributed by atoms with Gasteiger partial charge >= 0.3 is 0 Å². The largest absolute Gasteiger partial charge is 0.348 e. The molecule has 182 valence electrons. The van der Waals surface area contributed by atoms with Crippen LogP contribution < -0.4 is 10.6 Å². The quantitative estimate of drug-likeness (QED) is 0.495. The van der Waals surface area contributed by atoms with Crippen molar-refractivity contribution in [3.63, 3.8) is 0 Å². The first-order valence-electron chi connectivity index (χ1n) is 11.2. The van der Waals surface area contributed by atoms with Crippen LogP contribution in [0.3, 0.4) is 0 Å². The second kappa shape index (κ2) is 11.0. The first kappa shape index (κ1) is 24.8. The summed E-state index contributed by atoms with van der Waals surface area (Å²) in [6.07, 6.45) is 5.91. The van der Waals surface area contributed by atoms with Crippen molar-refractivity contribution in [3.05, 3.63) is 88.7 Å². The van der Waals surface area contributed by atoms with Crippen LogP contribution in [-0.4, -0.2) is 42.6 Å². The maximum atomic E-state index is 13.1. The molecule has 0 saturated carbocycles. The summed E-state index contributed by atoms with van der Waals surface area (Å²) in [5, 5.41) is 5.61. The zero-order valence-electron chi connectivity index (χ0n) is 18.9. The van der Waals surface area contributed by atoms with Crippen LogP contribution in [-0.2, 0) is 16.6 Å². The Kier molecular flexibility index (Phi) is 7.80. The molecule has 2 N–H and O–H groups in total. The molecule has 1 aliphatic heterocycles. The van der Waals surface area contributed by atoms with Crippen molar-refractivity contribution in [1.29, 1.82) is 0 Å². The molecule has 2 heterocycles. The number of amides is 2. The van der Waals surface area contributed by atoms with Crippen molar-refractivity contribution < 1.29 is 18.0 Å². The number of nitrogens with one attached hydrogen (secondary N) is 2. The van der Waals surface area contributed by atoms with Gasteiger partial charge in [-0.15, -0.1) is 0 Å². The number of carbonyl (C=O) groups excluding carboxylic acids is 2. The van der Waals surface area contributed by atoms with Crippen molar-refractivity contribution in [2.45, 2.75) is 30.7 Å². The number of hydrogen-bond acceptors (Lipinski definition) is 5. The van der Waals surface area contributed by atoms with Gasteiger partial charge in [0, 0.05) is 32.0 Å². The Morgan fingerprint density at radius 2 is 1.71 bits per heavy atom. The van der Waals surface area contributed by atoms with Crippen LogP contribution in [0.2, 0.25) is 5.02 Å². The summed E-state index contributed by atoms with van der Waals surface area (Å²) in [5.41, 5.74) is 1.38. The summed E-state index contributed by atoms with van der Waals surface area (Å²) in [7, 11) is -3.74. The average molecular weight is 513 g/mol. The number of rotatable bonds is 7. The van der Waals surface area contributed by atoms with Crippen LogP contribution in [0.25, 0.3) is 0 Å². The van der Waals surface area contributed by atoms with E-state index in [9.17, 15) is 18.0 Å². The lowest BCUT2D eigenvalue weighted by Crippen LogP contribution is -2.35. The van der Waals surface area contributed by atoms with Gasteiger partial charge in [-0.3, -0.25) is 14.6 Å². The predicted molar refractivity (Wildman–Crippen MR) is 134 cm³/mol. The highest BCUT2D eigenvalue weighted by atomic mass is 35.5. The van der Waals surface area contributed by atoms with Crippen molar-refractivity contribution in [3.8, 4) is 0 Å². The Bertz CT molecular complexity index is 1330. The number of anilines is 1. The van der Waals surface area contributed by atoms with Crippen molar-refractivity contribution in [2.24, 2.45) is 0 Å². The number of para-hydroxylation sites is 1. The minimum Gasteiger partial charge on any atom is -0.348 e. The van der Waals surface area contributed by atoms with Crippen molar-refractivity contribution in [1.82, 2.24) is 14.6 Å². The molecule has 0 bridgehead atoms. The van der Waals surface area contributed by atoms with E-state index in [0.29, 0.717) is 13.1 Å². The Labute approximate surface area is 209 Å². The second-order valence-corrected chi connectivity index (χ2v) is 10.5. The molecule has 2 amide bonds. The Balaban J connectivity index is 1.53. The summed E-state index contributed by atoms with van der Waals surface area (Å²) in [6, 6.07) is 14.3. The van der Waals surface area contributed by atoms with Crippen LogP contribution in [0.4, 0.5) is 5.69 Å². The minimum atomic E-state index is -3.74. The number of hydrogen-bond donors (Lipinski definition) is 2. The van der Waals surface area contributed by atoms with Gasteiger partial charge in [0.1, 0.15) is 0 Å². The Hall–Kier alpha value is -3.27. The molecule has 0 atom stereocenters. The van der Waals surface area contributed by atoms with Gasteiger partial charge in [-0.05, 0) is 54.8 Å². The summed E-state index contributed by atoms with van der Waals surface area (Å²) in [5.74, 6) is -0.990. The predicted octanol–water partition coefficient (Wildman–Crippen LogP) is 4.09. The maximum Gasteiger partial charge on any atom is 0.257 e. The van der Waals surface area contributed by atoms with E-state index in [1.54, 1.807) is 42.7 Å². The number of piperidine rings is 1. The van der Waals surface area contributed by atoms with E-state index in [0.717, 1.165) is 24.8 Å². The van der Waals surface area contributed by atoms with E-state index < -0.39 is 15.9 Å². The van der Waals surface area contributed by atoms with Gasteiger partial charge in [-0.2, -0.15) is 4.31 Å². The van der Waals surface area contributed by atoms with Crippen LogP contribution in [0, 0.1) is 0 Å². The molecule has 1 aliphatic rings. The smallest absolute Gasteiger partial charge is 0.257 e. The zero-order valence-corrected chi connectivity index (χ0v) is 20.5. The van der Waals surface area contributed by atoms with Crippen molar-refractivity contribution >= 4 is 39.1 Å². The number of nitrogens with zero attached hydrogens (tertiary/aromatic N) is 2. The standard InChI is InChI=1S/C25H25ClN4O4S/c26-22-11-10-19(35(33,34)30-13-4-1-5-14-30)15-21(22)25(32)29-23-9-3-2-8-20(23)24(31)28-17-18-7-6-12-27-16-18/h2-3,6-12,15-16H,1,4-5,13-14,17H2,(H,28,31)(H,29,32). The number of sulfonamides is 1. The Morgan fingerprint density at radius 1 is 0.943 bits per heavy atom. The van der Waals surface area contributed by atoms with E-state index in [1.165, 1.54) is 22.5 Å². The SMILES string of the molecule is O=C(Nc1ccccc1C(=O)NCc1cccnc1)c1cc(S(=O)(=O)N2CCCCC2)ccc1Cl. The topological polar surface area (TPSA) is 108 Å². The van der Waals surface area contributed by atoms with Gasteiger partial charge < -0.3 is 10.6 Å². The lowest BCUT2D eigenvalue weighted by Gasteiger charge is -2.26. The summed E-state index contributed by atoms with van der Waals surface area (Å²) in [6.45, 7) is 1.18. The first-order chi connectivity index (χ1) is 16.9. The minimum absolute atomic E-state index is 0.00956. The normalized spacial score (nSPS) is 14.3. The molecule has 2 aromatic carbocycles. The fourth-order valence-electron chi connectivity index (χ4n) is 3.85. The lowest BCUT2D eigenvalue weighted by molar-refractivity contribution is 0.0951. The fourth-order valence-corrected chi connectivity index (χ4v) is 5.60. The Morgan fingerprint density at radius 3 is 2.46 bits per heavy atom. The van der Waals surface area contributed by atoms with Crippen LogP contribution in [0.1, 0.15) is 45.5 Å². The van der Waals surface area contributed by atoms with Gasteiger partial charge in [0.15, 0.2) is 0 Å². The monoisotopic (exact) mass is 512 g/mol. The third-order valence-electron chi connectivity index (χ3n) is 5.73. The molecule has 3 aromatic rings. The highest BCUT2D eigenvalue weighted by Crippen LogP contribution is 2.26. The van der Waals surface area contributed by atoms with E-state index in [-0.39, 0.29) is 39.2 Å². The number of halogens is 1. The molecular weight excluding hydrogens is 488 g/mol. The third-order valence-corrected chi connectivity index (χ3v) is 7.96. The number of benzene rings is 2. The van der Waals surface area contributed by atoms with E-state index >= 15 is 0 Å². The molecule has 35 heavy (non-hydrogen) atoms. The lowest BCUT2D eigenvalue weighted by atomic mass is 10.1. The van der Waals surface area contributed by atoms with Gasteiger partial charge in [-0.25, -0.2) is 8.42 Å². The number of carbonyl (C=O) groups is 2. The highest BCUT2D eigenvalue weighted by Gasteiger charge is 2.27. The number of pyridine rings is 1. The molecule has 1 fully saturated rings. The zero-order chi connectivity index (χ0) is 24.8. The average Bonchev–Trinajstić information content (AvgIpc) is 2.89. The molecule has 0 radical (unpaired) electrons. The fraction of sp³-hybridized carbons (Fsp3) is 0.240. The summed E-state index contributed by atoms with van der Waals surface area (Å²) < 4.78 is 27.5. The van der Waals surface area contributed by atoms with Crippen LogP contribution in [0.15, 0.2) is 71.9 Å². The molecule has 1 aromatic heterocycles.